The number of hydrogen-bond donors (Lipinski definition) is 0. The monoisotopic (exact) mass is 1530 g/mol. The lowest BCUT2D eigenvalue weighted by atomic mass is 10.1. The summed E-state index contributed by atoms with van der Waals surface area (Å²) in [6, 6.07) is 38.7. The molecule has 0 amide bonds. The van der Waals surface area contributed by atoms with Crippen molar-refractivity contribution >= 4 is 11.9 Å². The van der Waals surface area contributed by atoms with Crippen molar-refractivity contribution in [1.29, 1.82) is 0 Å². The quantitative estimate of drug-likeness (QED) is 0.140. The first kappa shape index (κ1) is 81.6. The van der Waals surface area contributed by atoms with Crippen molar-refractivity contribution in [2.45, 2.75) is 39.6 Å². The highest BCUT2D eigenvalue weighted by atomic mass is 16.6. The Bertz CT molecular complexity index is 3280. The van der Waals surface area contributed by atoms with Gasteiger partial charge in [-0.15, -0.1) is 0 Å². The lowest BCUT2D eigenvalue weighted by Crippen LogP contribution is -2.15. The van der Waals surface area contributed by atoms with Crippen LogP contribution in [0, 0.1) is 0 Å². The number of carbonyl (C=O) groups excluding carboxylic acids is 2. The molecule has 4 aliphatic rings. The second-order valence-electron chi connectivity index (χ2n) is 24.9. The van der Waals surface area contributed by atoms with Crippen LogP contribution in [0.3, 0.4) is 0 Å². The molecule has 0 spiro atoms. The van der Waals surface area contributed by atoms with Gasteiger partial charge in [0.15, 0.2) is 0 Å². The molecule has 7 aromatic rings. The zero-order valence-electron chi connectivity index (χ0n) is 62.0. The van der Waals surface area contributed by atoms with Gasteiger partial charge in [-0.3, -0.25) is 0 Å². The molecule has 4 aliphatic heterocycles. The fourth-order valence-corrected chi connectivity index (χ4v) is 11.1. The molecule has 0 fully saturated rings. The Morgan fingerprint density at radius 1 is 0.200 bits per heavy atom. The second kappa shape index (κ2) is 47.6. The molecule has 0 aromatic heterocycles. The topological polar surface area (TPSA) is 274 Å². The minimum Gasteiger partial charge on any atom is -0.491 e. The van der Waals surface area contributed by atoms with Crippen LogP contribution in [0.2, 0.25) is 0 Å². The third-order valence-corrected chi connectivity index (χ3v) is 16.3. The maximum absolute atomic E-state index is 13.9. The summed E-state index contributed by atoms with van der Waals surface area (Å²) in [5.74, 6) is 4.69. The Balaban J connectivity index is 0.790. The Morgan fingerprint density at radius 2 is 0.355 bits per heavy atom. The molecule has 28 heteroatoms. The summed E-state index contributed by atoms with van der Waals surface area (Å²) in [6.07, 6.45) is 0. The van der Waals surface area contributed by atoms with Gasteiger partial charge in [0.1, 0.15) is 161 Å². The van der Waals surface area contributed by atoms with Gasteiger partial charge in [-0.05, 0) is 130 Å². The summed E-state index contributed by atoms with van der Waals surface area (Å²) in [6.45, 7) is 10.7. The highest BCUT2D eigenvalue weighted by molar-refractivity contribution is 5.93. The van der Waals surface area contributed by atoms with Gasteiger partial charge in [0.05, 0.1) is 170 Å². The standard InChI is InChI=1S/C82H98O28/c83-81(109-59-65-45-77-53-78(46-65)106-56-62-39-71-50-72(40-62)100-32-24-92-16-8-86-7-15-91-23-31-99-70-38-61(55-105-77)37-69(49-70)97-29-21-89-13-5-85-6-14-90-22-30-98-71)67-1-2-68(4-3-67)82(84)110-60-66-47-79-54-80(48-66)108-58-64-43-75-52-76(44-64)104-36-28-96-20-12-88-11-19-95-27-35-103-74-42-63(57-107-79)41-73(51-74)101-33-25-93-17-9-87-10-18-94-26-34-102-75/h1-4,37-54H,5-36,55-60H2. The average Bonchev–Trinajstić information content (AvgIpc) is 0.848. The van der Waals surface area contributed by atoms with E-state index in [1.807, 2.05) is 48.5 Å². The van der Waals surface area contributed by atoms with Crippen molar-refractivity contribution in [2.75, 3.05) is 211 Å². The number of esters is 2. The summed E-state index contributed by atoms with van der Waals surface area (Å²) in [5.41, 5.74) is 4.42. The molecular weight excluding hydrogens is 1430 g/mol. The first-order valence-corrected chi connectivity index (χ1v) is 37.1. The molecule has 0 atom stereocenters. The van der Waals surface area contributed by atoms with Crippen LogP contribution in [-0.2, 0) is 106 Å². The largest absolute Gasteiger partial charge is 0.491 e. The van der Waals surface area contributed by atoms with Crippen molar-refractivity contribution in [3.63, 3.8) is 0 Å². The Hall–Kier alpha value is -9.40. The molecule has 0 N–H and O–H groups in total. The number of hydrogen-bond acceptors (Lipinski definition) is 28. The van der Waals surface area contributed by atoms with Gasteiger partial charge in [0.25, 0.3) is 0 Å². The van der Waals surface area contributed by atoms with E-state index in [1.54, 1.807) is 60.7 Å². The van der Waals surface area contributed by atoms with Gasteiger partial charge in [-0.25, -0.2) is 9.59 Å². The van der Waals surface area contributed by atoms with Crippen LogP contribution < -0.4 is 56.8 Å². The van der Waals surface area contributed by atoms with Gasteiger partial charge < -0.3 is 123 Å². The maximum atomic E-state index is 13.9. The highest BCUT2D eigenvalue weighted by Crippen LogP contribution is 2.33. The average molecular weight is 1530 g/mol. The fraction of sp³-hybridized carbons (Fsp3) is 0.463. The fourth-order valence-electron chi connectivity index (χ4n) is 11.1. The summed E-state index contributed by atoms with van der Waals surface area (Å²) in [7, 11) is 0. The summed E-state index contributed by atoms with van der Waals surface area (Å²) in [5, 5.41) is 0. The van der Waals surface area contributed by atoms with Crippen LogP contribution in [0.4, 0.5) is 0 Å². The van der Waals surface area contributed by atoms with Gasteiger partial charge in [-0.1, -0.05) is 0 Å². The number of carbonyl (C=O) groups is 2. The Morgan fingerprint density at radius 3 is 0.527 bits per heavy atom. The van der Waals surface area contributed by atoms with E-state index in [4.69, 9.17) is 123 Å². The molecule has 0 saturated carbocycles. The normalized spacial score (nSPS) is 17.8. The van der Waals surface area contributed by atoms with Gasteiger partial charge >= 0.3 is 11.9 Å². The van der Waals surface area contributed by atoms with Crippen LogP contribution in [-0.4, -0.2) is 223 Å². The van der Waals surface area contributed by atoms with E-state index in [0.717, 1.165) is 22.3 Å². The van der Waals surface area contributed by atoms with Gasteiger partial charge in [0, 0.05) is 36.4 Å². The summed E-state index contributed by atoms with van der Waals surface area (Å²) in [4.78, 5) is 27.9. The zero-order chi connectivity index (χ0) is 75.5. The molecular formula is C82H98O28. The third-order valence-electron chi connectivity index (χ3n) is 16.3. The van der Waals surface area contributed by atoms with E-state index < -0.39 is 11.9 Å². The number of fused-ring (bicyclic) bond motifs is 12. The molecule has 7 aromatic carbocycles. The predicted octanol–water partition coefficient (Wildman–Crippen LogP) is 10.0. The molecule has 0 unspecified atom stereocenters. The molecule has 0 aliphatic carbocycles. The molecule has 16 bridgehead atoms. The minimum absolute atomic E-state index is 0.0843. The molecule has 0 saturated heterocycles. The lowest BCUT2D eigenvalue weighted by molar-refractivity contribution is 0.00432. The van der Waals surface area contributed by atoms with E-state index in [9.17, 15) is 9.59 Å². The minimum atomic E-state index is -0.654. The molecule has 28 nitrogen and oxygen atoms in total. The van der Waals surface area contributed by atoms with Crippen molar-refractivity contribution in [2.24, 2.45) is 0 Å². The zero-order valence-corrected chi connectivity index (χ0v) is 62.0. The van der Waals surface area contributed by atoms with Crippen LogP contribution in [0.1, 0.15) is 54.1 Å². The van der Waals surface area contributed by atoms with Crippen LogP contribution in [0.15, 0.2) is 133 Å². The second-order valence-corrected chi connectivity index (χ2v) is 24.9. The number of benzene rings is 7. The first-order chi connectivity index (χ1) is 54.3. The van der Waals surface area contributed by atoms with Crippen molar-refractivity contribution < 1.29 is 133 Å². The highest BCUT2D eigenvalue weighted by Gasteiger charge is 2.18. The van der Waals surface area contributed by atoms with Crippen molar-refractivity contribution in [1.82, 2.24) is 0 Å². The third kappa shape index (κ3) is 30.8. The predicted molar refractivity (Wildman–Crippen MR) is 394 cm³/mol. The van der Waals surface area contributed by atoms with Crippen LogP contribution >= 0.6 is 0 Å². The maximum Gasteiger partial charge on any atom is 0.338 e. The van der Waals surface area contributed by atoms with Crippen molar-refractivity contribution in [3.05, 3.63) is 178 Å². The van der Waals surface area contributed by atoms with E-state index in [0.29, 0.717) is 239 Å². The Labute approximate surface area is 640 Å². The molecule has 11 rings (SSSR count). The van der Waals surface area contributed by atoms with Gasteiger partial charge in [-0.2, -0.15) is 0 Å². The number of rotatable bonds is 6. The van der Waals surface area contributed by atoms with E-state index in [-0.39, 0.29) is 104 Å². The molecule has 4 heterocycles. The first-order valence-electron chi connectivity index (χ1n) is 37.1. The Kier molecular flexibility index (Phi) is 35.3. The van der Waals surface area contributed by atoms with Crippen molar-refractivity contribution in [3.8, 4) is 69.0 Å². The van der Waals surface area contributed by atoms with Crippen LogP contribution in [0.25, 0.3) is 0 Å². The van der Waals surface area contributed by atoms with Crippen LogP contribution in [0.5, 0.6) is 69.0 Å². The van der Waals surface area contributed by atoms with Gasteiger partial charge in [0.2, 0.25) is 0 Å². The van der Waals surface area contributed by atoms with E-state index >= 15 is 0 Å². The lowest BCUT2D eigenvalue weighted by Gasteiger charge is -2.16. The van der Waals surface area contributed by atoms with E-state index in [2.05, 4.69) is 0 Å². The summed E-state index contributed by atoms with van der Waals surface area (Å²) >= 11 is 0. The molecule has 0 radical (unpaired) electrons. The van der Waals surface area contributed by atoms with E-state index in [1.165, 1.54) is 24.3 Å². The SMILES string of the molecule is O=C(OCc1cc2cc(c1)OCc1cc3cc(c1)OCCOCCOCCOCCOc1cc(cc(c1)OCCOCCOCCOCCO3)CO2)c1ccc(C(=O)OCc2cc3cc(c2)OCc2cc4cc(c2)OCCOCCOCCOCCOc2cc(cc(c2)OCCOCCOCCOCCO4)CO3)cc1. The summed E-state index contributed by atoms with van der Waals surface area (Å²) < 4.78 is 156. The smallest absolute Gasteiger partial charge is 0.338 e. The molecule has 110 heavy (non-hydrogen) atoms. The number of ether oxygens (including phenoxy) is 26. The molecule has 594 valence electrons.